The second kappa shape index (κ2) is 32.9. The van der Waals surface area contributed by atoms with E-state index in [-0.39, 0.29) is 69.0 Å². The second-order valence-electron chi connectivity index (χ2n) is 21.0. The normalized spacial score (nSPS) is 37.8. The van der Waals surface area contributed by atoms with Crippen molar-refractivity contribution in [3.8, 4) is 0 Å². The summed E-state index contributed by atoms with van der Waals surface area (Å²) in [5, 5.41) is 108. The number of allylic oxidation sites excluding steroid dienone is 12. The molecule has 3 heterocycles. The molecule has 0 spiro atoms. The van der Waals surface area contributed by atoms with Gasteiger partial charge in [-0.15, -0.1) is 0 Å². The van der Waals surface area contributed by atoms with Gasteiger partial charge in [0.2, 0.25) is 0 Å². The van der Waals surface area contributed by atoms with E-state index in [1.807, 2.05) is 19.9 Å². The van der Waals surface area contributed by atoms with E-state index in [1.165, 1.54) is 13.0 Å². The van der Waals surface area contributed by atoms with Crippen LogP contribution in [0.2, 0.25) is 0 Å². The first-order chi connectivity index (χ1) is 36.9. The molecule has 0 saturated carbocycles. The zero-order valence-corrected chi connectivity index (χ0v) is 44.8. The second-order valence-corrected chi connectivity index (χ2v) is 21.0. The number of esters is 1. The number of cyclic esters (lactones) is 1. The van der Waals surface area contributed by atoms with Crippen LogP contribution in [0.25, 0.3) is 0 Å². The molecule has 0 aliphatic carbocycles. The summed E-state index contributed by atoms with van der Waals surface area (Å²) in [4.78, 5) is 51.6. The van der Waals surface area contributed by atoms with E-state index in [0.717, 1.165) is 0 Å². The molecule has 18 atom stereocenters. The Morgan fingerprint density at radius 1 is 0.756 bits per heavy atom. The first kappa shape index (κ1) is 65.5. The number of aliphatic carboxylic acids is 1. The van der Waals surface area contributed by atoms with E-state index < -0.39 is 141 Å². The van der Waals surface area contributed by atoms with Crippen molar-refractivity contribution in [3.63, 3.8) is 0 Å². The molecule has 20 nitrogen and oxygen atoms in total. The summed E-state index contributed by atoms with van der Waals surface area (Å²) in [7, 11) is 0. The Morgan fingerprint density at radius 2 is 1.32 bits per heavy atom. The van der Waals surface area contributed by atoms with E-state index in [0.29, 0.717) is 17.7 Å². The van der Waals surface area contributed by atoms with E-state index in [4.69, 9.17) is 30.4 Å². The molecule has 2 bridgehead atoms. The number of aliphatic hydroxyl groups excluding tert-OH is 8. The summed E-state index contributed by atoms with van der Waals surface area (Å²) in [6.45, 7) is 5.23. The maximum absolute atomic E-state index is 13.3. The Labute approximate surface area is 456 Å². The fourth-order valence-corrected chi connectivity index (χ4v) is 9.84. The van der Waals surface area contributed by atoms with Crippen molar-refractivity contribution in [3.05, 3.63) is 115 Å². The van der Waals surface area contributed by atoms with Gasteiger partial charge in [0.05, 0.1) is 67.1 Å². The van der Waals surface area contributed by atoms with Gasteiger partial charge in [-0.25, -0.2) is 0 Å². The van der Waals surface area contributed by atoms with Crippen molar-refractivity contribution < 1.29 is 89.2 Å². The van der Waals surface area contributed by atoms with Gasteiger partial charge in [0.25, 0.3) is 0 Å². The lowest BCUT2D eigenvalue weighted by Gasteiger charge is -2.45. The monoisotopic (exact) mass is 1100 g/mol. The van der Waals surface area contributed by atoms with Gasteiger partial charge >= 0.3 is 11.9 Å². The van der Waals surface area contributed by atoms with Gasteiger partial charge in [-0.1, -0.05) is 98.9 Å². The smallest absolute Gasteiger partial charge is 0.313 e. The van der Waals surface area contributed by atoms with E-state index in [2.05, 4.69) is 0 Å². The highest BCUT2D eigenvalue weighted by Crippen LogP contribution is 2.38. The number of ether oxygens (including phenoxy) is 4. The number of nitrogens with two attached hydrogens (primary N) is 2. The van der Waals surface area contributed by atoms with E-state index in [1.54, 1.807) is 97.2 Å². The van der Waals surface area contributed by atoms with Crippen LogP contribution in [-0.4, -0.2) is 166 Å². The number of aliphatic hydroxyl groups is 9. The summed E-state index contributed by atoms with van der Waals surface area (Å²) < 4.78 is 23.7. The third-order valence-electron chi connectivity index (χ3n) is 14.1. The summed E-state index contributed by atoms with van der Waals surface area (Å²) in [5.41, 5.74) is 12.7. The predicted molar refractivity (Wildman–Crippen MR) is 289 cm³/mol. The number of benzene rings is 1. The SMILES string of the molecule is CC1/C=C/C=C/C=C/C=C/C=C/C=C/C=C/C(O[C@@H]2O[C@H](C)[C@@H](O)[C@H](N)[C@@H]2O)CC2OC(O)(CC(O)CC(O)CCCC(O)CC(O)CC(=O)CC(=O)OC1C(C)CCC(O)CC(=O)c1ccc(N)cc1)CC(O)C2C(=O)O. The minimum absolute atomic E-state index is 0.0720. The Kier molecular flexibility index (Phi) is 27.6. The average Bonchev–Trinajstić information content (AvgIpc) is 3.41. The quantitative estimate of drug-likeness (QED) is 0.0692. The molecule has 1 aromatic rings. The molecular formula is C58H84N2O18. The number of carbonyl (C=O) groups is 4. The number of nitrogen functional groups attached to an aromatic ring is 1. The highest BCUT2D eigenvalue weighted by Gasteiger charge is 2.51. The number of Topliss-reactive ketones (excluding diaryl/α,β-unsaturated/α-hetero) is 2. The van der Waals surface area contributed by atoms with Crippen molar-refractivity contribution in [1.82, 2.24) is 0 Å². The molecule has 4 rings (SSSR count). The van der Waals surface area contributed by atoms with Crippen LogP contribution in [0, 0.1) is 17.8 Å². The molecule has 13 unspecified atom stereocenters. The van der Waals surface area contributed by atoms with Crippen molar-refractivity contribution in [1.29, 1.82) is 0 Å². The Bertz CT molecular complexity index is 2250. The zero-order chi connectivity index (χ0) is 57.5. The van der Waals surface area contributed by atoms with Crippen molar-refractivity contribution in [2.45, 2.75) is 196 Å². The van der Waals surface area contributed by atoms with Gasteiger partial charge in [-0.2, -0.15) is 0 Å². The van der Waals surface area contributed by atoms with E-state index in [9.17, 15) is 70.2 Å². The lowest BCUT2D eigenvalue weighted by Crippen LogP contribution is -2.61. The van der Waals surface area contributed by atoms with Crippen LogP contribution in [-0.2, 0) is 33.3 Å². The molecule has 0 radical (unpaired) electrons. The van der Waals surface area contributed by atoms with E-state index >= 15 is 0 Å². The van der Waals surface area contributed by atoms with Gasteiger partial charge < -0.3 is 81.5 Å². The maximum atomic E-state index is 13.3. The molecule has 3 aliphatic rings. The number of hydrogen-bond donors (Lipinski definition) is 12. The maximum Gasteiger partial charge on any atom is 0.313 e. The third-order valence-corrected chi connectivity index (χ3v) is 14.1. The van der Waals surface area contributed by atoms with Crippen LogP contribution >= 0.6 is 0 Å². The number of carboxylic acid groups (broad SMARTS) is 1. The van der Waals surface area contributed by atoms with Crippen LogP contribution in [0.15, 0.2) is 109 Å². The van der Waals surface area contributed by atoms with Crippen molar-refractivity contribution in [2.24, 2.45) is 23.5 Å². The lowest BCUT2D eigenvalue weighted by molar-refractivity contribution is -0.308. The molecule has 1 aromatic carbocycles. The fourth-order valence-electron chi connectivity index (χ4n) is 9.84. The molecule has 2 saturated heterocycles. The van der Waals surface area contributed by atoms with Crippen LogP contribution in [0.4, 0.5) is 5.69 Å². The third kappa shape index (κ3) is 22.6. The fraction of sp³-hybridized carbons (Fsp3) is 0.586. The van der Waals surface area contributed by atoms with Crippen LogP contribution in [0.1, 0.15) is 115 Å². The number of hydrogen-bond acceptors (Lipinski definition) is 19. The Morgan fingerprint density at radius 3 is 1.91 bits per heavy atom. The van der Waals surface area contributed by atoms with Gasteiger partial charge in [0, 0.05) is 49.3 Å². The molecule has 2 fully saturated rings. The zero-order valence-electron chi connectivity index (χ0n) is 44.8. The van der Waals surface area contributed by atoms with Crippen LogP contribution in [0.5, 0.6) is 0 Å². The first-order valence-electron chi connectivity index (χ1n) is 26.9. The average molecular weight is 1100 g/mol. The molecule has 3 aliphatic heterocycles. The first-order valence-corrected chi connectivity index (χ1v) is 26.9. The van der Waals surface area contributed by atoms with Gasteiger partial charge in [-0.3, -0.25) is 19.2 Å². The molecule has 434 valence electrons. The Hall–Kier alpha value is -5.04. The van der Waals surface area contributed by atoms with Gasteiger partial charge in [-0.05, 0) is 82.1 Å². The highest BCUT2D eigenvalue weighted by atomic mass is 16.7. The number of fused-ring (bicyclic) bond motifs is 2. The lowest BCUT2D eigenvalue weighted by atomic mass is 9.82. The Balaban J connectivity index is 1.52. The van der Waals surface area contributed by atoms with Gasteiger partial charge in [0.1, 0.15) is 30.3 Å². The molecule has 0 amide bonds. The summed E-state index contributed by atoms with van der Waals surface area (Å²) in [5.74, 6) is -7.63. The molecular weight excluding hydrogens is 1010 g/mol. The topological polar surface area (TPSA) is 360 Å². The number of anilines is 1. The predicted octanol–water partition coefficient (Wildman–Crippen LogP) is 3.32. The molecule has 14 N–H and O–H groups in total. The number of carbonyl (C=O) groups excluding carboxylic acids is 3. The van der Waals surface area contributed by atoms with Crippen LogP contribution in [0.3, 0.4) is 0 Å². The summed E-state index contributed by atoms with van der Waals surface area (Å²) in [6, 6.07) is 5.26. The highest BCUT2D eigenvalue weighted by molar-refractivity contribution is 5.96. The number of rotatable bonds is 10. The number of ketones is 2. The summed E-state index contributed by atoms with van der Waals surface area (Å²) in [6.07, 6.45) is 6.31. The standard InChI is InChI=1S/C58H84N2O18/c1-35-17-14-12-10-8-6-4-5-7-9-11-13-15-20-46(76-57-54(71)52(60)53(70)37(3)75-57)32-49-51(56(72)73)48(68)34-58(74,78-49)33-45(66)28-41(62)19-16-18-40(61)27-43(64)29-44(65)31-50(69)77-55(35)36(2)21-26-42(63)30-47(67)38-22-24-39(59)25-23-38/h4-15,17,20,22-25,35-37,40-43,45-46,48-49,51-55,57,61-64,66,68,70-71,74H,16,18-19,21,26-34,59-60H2,1-3H3,(H,72,73)/b5-4+,8-6+,9-7+,12-10+,13-11+,17-14+,20-15+/t35?,36?,37-,40?,41?,42?,43?,45?,46?,48?,49?,51?,52+,53-,54+,55?,57+,58?/m1/s1. The summed E-state index contributed by atoms with van der Waals surface area (Å²) >= 11 is 0. The van der Waals surface area contributed by atoms with Crippen LogP contribution < -0.4 is 11.5 Å². The van der Waals surface area contributed by atoms with Crippen molar-refractivity contribution >= 4 is 29.2 Å². The van der Waals surface area contributed by atoms with Crippen molar-refractivity contribution in [2.75, 3.05) is 5.73 Å². The van der Waals surface area contributed by atoms with Gasteiger partial charge in [0.15, 0.2) is 17.9 Å². The number of carboxylic acids is 1. The molecule has 0 aromatic heterocycles. The molecule has 20 heteroatoms. The largest absolute Gasteiger partial charge is 0.481 e. The minimum Gasteiger partial charge on any atom is -0.481 e. The molecule has 78 heavy (non-hydrogen) atoms. The minimum atomic E-state index is -2.27.